The molecule has 0 aromatic carbocycles. The molecule has 0 aliphatic rings. The molecule has 73 valence electrons. The van der Waals surface area contributed by atoms with Gasteiger partial charge in [0.15, 0.2) is 0 Å². The third kappa shape index (κ3) is 10.5. The van der Waals surface area contributed by atoms with Crippen LogP contribution >= 0.6 is 0 Å². The zero-order chi connectivity index (χ0) is 9.45. The summed E-state index contributed by atoms with van der Waals surface area (Å²) in [5.41, 5.74) is 0. The summed E-state index contributed by atoms with van der Waals surface area (Å²) in [6, 6.07) is 0. The van der Waals surface area contributed by atoms with Crippen molar-refractivity contribution in [1.82, 2.24) is 0 Å². The van der Waals surface area contributed by atoms with E-state index in [0.717, 1.165) is 0 Å². The first-order chi connectivity index (χ1) is 5.56. The zero-order valence-corrected chi connectivity index (χ0v) is 11.4. The summed E-state index contributed by atoms with van der Waals surface area (Å²) >= 11 is -1.30. The van der Waals surface area contributed by atoms with Gasteiger partial charge in [0.2, 0.25) is 0 Å². The molecular formula is C11H25Ge. The third-order valence-electron chi connectivity index (χ3n) is 2.06. The van der Waals surface area contributed by atoms with E-state index in [-0.39, 0.29) is 0 Å². The van der Waals surface area contributed by atoms with E-state index in [4.69, 9.17) is 0 Å². The van der Waals surface area contributed by atoms with E-state index in [9.17, 15) is 0 Å². The normalized spacial score (nSPS) is 12.0. The molecule has 0 nitrogen and oxygen atoms in total. The monoisotopic (exact) mass is 231 g/mol. The van der Waals surface area contributed by atoms with Gasteiger partial charge in [0.1, 0.15) is 0 Å². The Hall–Kier alpha value is 0.543. The van der Waals surface area contributed by atoms with Gasteiger partial charge in [0.05, 0.1) is 0 Å². The van der Waals surface area contributed by atoms with Crippen molar-refractivity contribution >= 4 is 13.3 Å². The Bertz CT molecular complexity index is 91.7. The van der Waals surface area contributed by atoms with Crippen LogP contribution in [0.1, 0.15) is 45.4 Å². The van der Waals surface area contributed by atoms with Crippen LogP contribution in [0.4, 0.5) is 0 Å². The molecule has 0 aliphatic heterocycles. The molecule has 0 heterocycles. The minimum atomic E-state index is -1.30. The van der Waals surface area contributed by atoms with E-state index in [0.29, 0.717) is 0 Å². The molecule has 0 saturated heterocycles. The Labute approximate surface area is 81.5 Å². The molecule has 0 atom stereocenters. The summed E-state index contributed by atoms with van der Waals surface area (Å²) in [6.45, 7) is 2.27. The summed E-state index contributed by atoms with van der Waals surface area (Å²) in [7, 11) is 0. The number of hydrogen-bond donors (Lipinski definition) is 0. The molecule has 0 fully saturated rings. The van der Waals surface area contributed by atoms with Gasteiger partial charge in [-0.3, -0.25) is 0 Å². The van der Waals surface area contributed by atoms with Crippen LogP contribution < -0.4 is 0 Å². The van der Waals surface area contributed by atoms with E-state index in [1.807, 2.05) is 0 Å². The van der Waals surface area contributed by atoms with Gasteiger partial charge in [-0.15, -0.1) is 0 Å². The molecular weight excluding hydrogens is 205 g/mol. The van der Waals surface area contributed by atoms with E-state index >= 15 is 0 Å². The number of hydrogen-bond acceptors (Lipinski definition) is 0. The first-order valence-corrected chi connectivity index (χ1v) is 12.9. The molecule has 0 amide bonds. The van der Waals surface area contributed by atoms with E-state index in [1.165, 1.54) is 38.5 Å². The van der Waals surface area contributed by atoms with Crippen LogP contribution in [0.3, 0.4) is 0 Å². The van der Waals surface area contributed by atoms with Crippen LogP contribution in [0, 0.1) is 5.25 Å². The van der Waals surface area contributed by atoms with Crippen molar-refractivity contribution in [3.63, 3.8) is 0 Å². The van der Waals surface area contributed by atoms with E-state index in [1.54, 1.807) is 0 Å². The van der Waals surface area contributed by atoms with Gasteiger partial charge in [-0.1, -0.05) is 0 Å². The van der Waals surface area contributed by atoms with E-state index in [2.05, 4.69) is 29.4 Å². The van der Waals surface area contributed by atoms with Gasteiger partial charge in [0, 0.05) is 0 Å². The average Bonchev–Trinajstić information content (AvgIpc) is 1.94. The second-order valence-corrected chi connectivity index (χ2v) is 15.6. The maximum atomic E-state index is 2.63. The SMILES string of the molecule is CCCCCCC[CH][Ge]([CH3])([CH3])[CH3]. The molecule has 0 rings (SSSR count). The molecule has 0 aromatic rings. The molecule has 0 unspecified atom stereocenters. The van der Waals surface area contributed by atoms with Crippen LogP contribution in [0.15, 0.2) is 0 Å². The first-order valence-electron chi connectivity index (χ1n) is 5.40. The Morgan fingerprint density at radius 3 is 2.00 bits per heavy atom. The molecule has 0 spiro atoms. The summed E-state index contributed by atoms with van der Waals surface area (Å²) in [5, 5.41) is 2.63. The second-order valence-electron chi connectivity index (χ2n) is 4.77. The molecule has 0 aromatic heterocycles. The standard InChI is InChI=1S/C11H25Ge/c1-5-6-7-8-9-10-11-12(2,3)4/h11H,5-10H2,1-4H3. The number of unbranched alkanes of at least 4 members (excludes halogenated alkanes) is 5. The van der Waals surface area contributed by atoms with Crippen molar-refractivity contribution < 1.29 is 0 Å². The summed E-state index contributed by atoms with van der Waals surface area (Å²) in [4.78, 5) is 0. The van der Waals surface area contributed by atoms with Gasteiger partial charge in [-0.05, 0) is 0 Å². The number of rotatable bonds is 7. The van der Waals surface area contributed by atoms with Crippen molar-refractivity contribution in [3.8, 4) is 0 Å². The van der Waals surface area contributed by atoms with Crippen LogP contribution in [-0.4, -0.2) is 13.3 Å². The molecule has 0 bridgehead atoms. The predicted molar refractivity (Wildman–Crippen MR) is 61.0 cm³/mol. The fourth-order valence-corrected chi connectivity index (χ4v) is 3.53. The van der Waals surface area contributed by atoms with E-state index < -0.39 is 13.3 Å². The Balaban J connectivity index is 3.01. The predicted octanol–water partition coefficient (Wildman–Crippen LogP) is 4.43. The summed E-state index contributed by atoms with van der Waals surface area (Å²) in [6.07, 6.45) is 8.50. The Kier molecular flexibility index (Phi) is 7.31. The van der Waals surface area contributed by atoms with Gasteiger partial charge in [0.25, 0.3) is 0 Å². The van der Waals surface area contributed by atoms with Crippen molar-refractivity contribution in [2.45, 2.75) is 62.7 Å². The minimum absolute atomic E-state index is 1.30. The molecule has 0 aliphatic carbocycles. The maximum absolute atomic E-state index is 2.63. The van der Waals surface area contributed by atoms with Crippen LogP contribution in [0.2, 0.25) is 17.3 Å². The van der Waals surface area contributed by atoms with Gasteiger partial charge in [-0.2, -0.15) is 0 Å². The molecule has 1 radical (unpaired) electrons. The molecule has 1 heteroatoms. The van der Waals surface area contributed by atoms with Crippen LogP contribution in [0.25, 0.3) is 0 Å². The van der Waals surface area contributed by atoms with Crippen molar-refractivity contribution in [3.05, 3.63) is 5.25 Å². The topological polar surface area (TPSA) is 0 Å². The summed E-state index contributed by atoms with van der Waals surface area (Å²) < 4.78 is 0. The zero-order valence-electron chi connectivity index (χ0n) is 9.32. The van der Waals surface area contributed by atoms with Gasteiger partial charge >= 0.3 is 81.2 Å². The first kappa shape index (κ1) is 12.5. The van der Waals surface area contributed by atoms with Crippen LogP contribution in [-0.2, 0) is 0 Å². The fourth-order valence-electron chi connectivity index (χ4n) is 1.28. The quantitative estimate of drug-likeness (QED) is 0.448. The average molecular weight is 230 g/mol. The molecule has 0 N–H and O–H groups in total. The molecule has 0 saturated carbocycles. The van der Waals surface area contributed by atoms with Crippen molar-refractivity contribution in [2.24, 2.45) is 0 Å². The van der Waals surface area contributed by atoms with Gasteiger partial charge in [-0.25, -0.2) is 0 Å². The fraction of sp³-hybridized carbons (Fsp3) is 0.909. The Morgan fingerprint density at radius 2 is 1.50 bits per heavy atom. The second kappa shape index (κ2) is 7.00. The Morgan fingerprint density at radius 1 is 0.917 bits per heavy atom. The summed E-state index contributed by atoms with van der Waals surface area (Å²) in [5.74, 6) is 7.39. The third-order valence-corrected chi connectivity index (χ3v) is 5.24. The van der Waals surface area contributed by atoms with Gasteiger partial charge < -0.3 is 0 Å². The van der Waals surface area contributed by atoms with Crippen molar-refractivity contribution in [2.75, 3.05) is 0 Å². The molecule has 12 heavy (non-hydrogen) atoms. The van der Waals surface area contributed by atoms with Crippen LogP contribution in [0.5, 0.6) is 0 Å². The van der Waals surface area contributed by atoms with Crippen molar-refractivity contribution in [1.29, 1.82) is 0 Å².